The first kappa shape index (κ1) is 25.9. The highest BCUT2D eigenvalue weighted by molar-refractivity contribution is 5.90. The van der Waals surface area contributed by atoms with Crippen molar-refractivity contribution in [3.05, 3.63) is 49.1 Å². The number of aliphatic carboxylic acids is 1. The van der Waals surface area contributed by atoms with Gasteiger partial charge >= 0.3 is 11.9 Å². The molecule has 0 rings (SSSR count). The van der Waals surface area contributed by atoms with E-state index in [0.29, 0.717) is 0 Å². The summed E-state index contributed by atoms with van der Waals surface area (Å²) in [6, 6.07) is 0. The zero-order valence-electron chi connectivity index (χ0n) is 17.3. The number of unbranched alkanes of at least 4 members (excludes halogenated alkanes) is 9. The van der Waals surface area contributed by atoms with E-state index < -0.39 is 18.4 Å². The van der Waals surface area contributed by atoms with Gasteiger partial charge in [-0.05, 0) is 77.0 Å². The topological polar surface area (TPSA) is 63.6 Å². The van der Waals surface area contributed by atoms with Gasteiger partial charge in [0, 0.05) is 0 Å². The van der Waals surface area contributed by atoms with E-state index in [1.807, 2.05) is 12.2 Å². The van der Waals surface area contributed by atoms with Gasteiger partial charge in [-0.1, -0.05) is 42.5 Å². The van der Waals surface area contributed by atoms with Crippen LogP contribution in [0.4, 0.5) is 0 Å². The van der Waals surface area contributed by atoms with Gasteiger partial charge in [0.1, 0.15) is 13.0 Å². The highest BCUT2D eigenvalue weighted by Crippen LogP contribution is 2.06. The van der Waals surface area contributed by atoms with Crippen molar-refractivity contribution in [1.82, 2.24) is 0 Å². The molecule has 0 atom stereocenters. The Morgan fingerprint density at radius 2 is 1.07 bits per heavy atom. The summed E-state index contributed by atoms with van der Waals surface area (Å²) in [6.07, 6.45) is 28.3. The van der Waals surface area contributed by atoms with Crippen molar-refractivity contribution in [2.75, 3.05) is 6.61 Å². The van der Waals surface area contributed by atoms with E-state index in [1.54, 1.807) is 6.08 Å². The SMILES string of the molecule is C=CCCCCC=CCCCCC=CCCCCC=CCOC(=O)CC(=O)O. The van der Waals surface area contributed by atoms with Crippen LogP contribution in [0.1, 0.15) is 83.5 Å². The highest BCUT2D eigenvalue weighted by Gasteiger charge is 2.06. The van der Waals surface area contributed by atoms with E-state index >= 15 is 0 Å². The Bertz CT molecular complexity index is 489. The summed E-state index contributed by atoms with van der Waals surface area (Å²) < 4.78 is 4.76. The number of carbonyl (C=O) groups excluding carboxylic acids is 1. The molecule has 0 spiro atoms. The van der Waals surface area contributed by atoms with Crippen LogP contribution in [0.15, 0.2) is 49.1 Å². The fourth-order valence-electron chi connectivity index (χ4n) is 2.57. The van der Waals surface area contributed by atoms with Crippen molar-refractivity contribution in [1.29, 1.82) is 0 Å². The van der Waals surface area contributed by atoms with E-state index in [4.69, 9.17) is 9.84 Å². The summed E-state index contributed by atoms with van der Waals surface area (Å²) in [7, 11) is 0. The van der Waals surface area contributed by atoms with Crippen molar-refractivity contribution in [2.24, 2.45) is 0 Å². The van der Waals surface area contributed by atoms with E-state index in [2.05, 4.69) is 30.9 Å². The third kappa shape index (κ3) is 21.9. The lowest BCUT2D eigenvalue weighted by atomic mass is 10.1. The maximum Gasteiger partial charge on any atom is 0.317 e. The van der Waals surface area contributed by atoms with Gasteiger partial charge in [-0.2, -0.15) is 0 Å². The lowest BCUT2D eigenvalue weighted by molar-refractivity contribution is -0.150. The van der Waals surface area contributed by atoms with Gasteiger partial charge in [0.15, 0.2) is 0 Å². The number of ether oxygens (including phenoxy) is 1. The number of hydrogen-bond acceptors (Lipinski definition) is 3. The van der Waals surface area contributed by atoms with Crippen LogP contribution >= 0.6 is 0 Å². The Kier molecular flexibility index (Phi) is 19.6. The first-order valence-corrected chi connectivity index (χ1v) is 10.6. The highest BCUT2D eigenvalue weighted by atomic mass is 16.5. The third-order valence-corrected chi connectivity index (χ3v) is 4.15. The van der Waals surface area contributed by atoms with E-state index in [1.165, 1.54) is 38.5 Å². The molecule has 4 nitrogen and oxygen atoms in total. The fourth-order valence-corrected chi connectivity index (χ4v) is 2.57. The Morgan fingerprint density at radius 3 is 1.46 bits per heavy atom. The molecule has 0 aromatic carbocycles. The molecule has 0 saturated heterocycles. The van der Waals surface area contributed by atoms with Gasteiger partial charge in [0.2, 0.25) is 0 Å². The van der Waals surface area contributed by atoms with Crippen LogP contribution < -0.4 is 0 Å². The quantitative estimate of drug-likeness (QED) is 0.118. The molecule has 0 fully saturated rings. The standard InChI is InChI=1S/C24H38O4/c1-2-3-4-5-6-7-8-9-10-11-12-13-14-15-16-17-18-19-20-21-28-24(27)22-23(25)26/h2,7-8,13-14,19-20H,1,3-6,9-12,15-18,21-22H2,(H,25,26). The van der Waals surface area contributed by atoms with Crippen LogP contribution in [-0.2, 0) is 14.3 Å². The predicted octanol–water partition coefficient (Wildman–Crippen LogP) is 6.54. The molecule has 0 bridgehead atoms. The number of carbonyl (C=O) groups is 2. The van der Waals surface area contributed by atoms with Crippen molar-refractivity contribution in [3.8, 4) is 0 Å². The minimum absolute atomic E-state index is 0.149. The van der Waals surface area contributed by atoms with Gasteiger partial charge in [-0.25, -0.2) is 0 Å². The number of allylic oxidation sites excluding steroid dienone is 6. The average molecular weight is 391 g/mol. The van der Waals surface area contributed by atoms with Crippen molar-refractivity contribution in [2.45, 2.75) is 83.5 Å². The van der Waals surface area contributed by atoms with E-state index in [9.17, 15) is 9.59 Å². The van der Waals surface area contributed by atoms with Crippen molar-refractivity contribution in [3.63, 3.8) is 0 Å². The molecule has 4 heteroatoms. The third-order valence-electron chi connectivity index (χ3n) is 4.15. The van der Waals surface area contributed by atoms with Crippen LogP contribution in [0.2, 0.25) is 0 Å². The summed E-state index contributed by atoms with van der Waals surface area (Å²) in [4.78, 5) is 21.3. The second-order valence-electron chi connectivity index (χ2n) is 6.81. The first-order valence-electron chi connectivity index (χ1n) is 10.6. The molecule has 0 unspecified atom stereocenters. The first-order chi connectivity index (χ1) is 13.7. The minimum Gasteiger partial charge on any atom is -0.481 e. The molecule has 0 aliphatic rings. The fraction of sp³-hybridized carbons (Fsp3) is 0.583. The number of carboxylic acids is 1. The average Bonchev–Trinajstić information content (AvgIpc) is 2.66. The zero-order valence-corrected chi connectivity index (χ0v) is 17.3. The molecular formula is C24H38O4. The van der Waals surface area contributed by atoms with Crippen molar-refractivity contribution < 1.29 is 19.4 Å². The minimum atomic E-state index is -1.16. The van der Waals surface area contributed by atoms with Crippen LogP contribution in [0.3, 0.4) is 0 Å². The lowest BCUT2D eigenvalue weighted by Crippen LogP contribution is -2.10. The monoisotopic (exact) mass is 390 g/mol. The second-order valence-corrected chi connectivity index (χ2v) is 6.81. The molecule has 0 heterocycles. The summed E-state index contributed by atoms with van der Waals surface area (Å²) in [5, 5.41) is 8.42. The zero-order chi connectivity index (χ0) is 20.7. The summed E-state index contributed by atoms with van der Waals surface area (Å²) in [5.41, 5.74) is 0. The second kappa shape index (κ2) is 21.2. The molecule has 0 aromatic heterocycles. The summed E-state index contributed by atoms with van der Waals surface area (Å²) in [5.74, 6) is -1.86. The number of esters is 1. The number of carboxylic acid groups (broad SMARTS) is 1. The Balaban J connectivity index is 3.32. The lowest BCUT2D eigenvalue weighted by Gasteiger charge is -1.98. The smallest absolute Gasteiger partial charge is 0.317 e. The van der Waals surface area contributed by atoms with E-state index in [-0.39, 0.29) is 6.61 Å². The molecule has 0 amide bonds. The maximum absolute atomic E-state index is 11.0. The molecule has 28 heavy (non-hydrogen) atoms. The normalized spacial score (nSPS) is 11.6. The Labute approximate surface area is 171 Å². The van der Waals surface area contributed by atoms with Crippen LogP contribution in [0.25, 0.3) is 0 Å². The molecule has 1 N–H and O–H groups in total. The van der Waals surface area contributed by atoms with Crippen molar-refractivity contribution >= 4 is 11.9 Å². The van der Waals surface area contributed by atoms with Gasteiger partial charge in [-0.15, -0.1) is 6.58 Å². The molecule has 0 aliphatic heterocycles. The van der Waals surface area contributed by atoms with Gasteiger partial charge < -0.3 is 9.84 Å². The molecule has 0 aliphatic carbocycles. The van der Waals surface area contributed by atoms with Gasteiger partial charge in [0.25, 0.3) is 0 Å². The molecule has 158 valence electrons. The molecule has 0 saturated carbocycles. The predicted molar refractivity (Wildman–Crippen MR) is 116 cm³/mol. The van der Waals surface area contributed by atoms with Crippen LogP contribution in [0.5, 0.6) is 0 Å². The molecular weight excluding hydrogens is 352 g/mol. The maximum atomic E-state index is 11.0. The summed E-state index contributed by atoms with van der Waals surface area (Å²) in [6.45, 7) is 3.88. The van der Waals surface area contributed by atoms with Gasteiger partial charge in [-0.3, -0.25) is 9.59 Å². The van der Waals surface area contributed by atoms with Crippen LogP contribution in [0, 0.1) is 0 Å². The molecule has 0 radical (unpaired) electrons. The number of hydrogen-bond donors (Lipinski definition) is 1. The largest absolute Gasteiger partial charge is 0.481 e. The number of rotatable bonds is 19. The molecule has 0 aromatic rings. The van der Waals surface area contributed by atoms with Crippen LogP contribution in [-0.4, -0.2) is 23.7 Å². The Morgan fingerprint density at radius 1 is 0.679 bits per heavy atom. The summed E-state index contributed by atoms with van der Waals surface area (Å²) >= 11 is 0. The Hall–Kier alpha value is -2.10. The van der Waals surface area contributed by atoms with Gasteiger partial charge in [0.05, 0.1) is 0 Å². The van der Waals surface area contributed by atoms with E-state index in [0.717, 1.165) is 38.5 Å².